The van der Waals surface area contributed by atoms with Crippen LogP contribution in [-0.2, 0) is 6.54 Å². The molecule has 0 bridgehead atoms. The lowest BCUT2D eigenvalue weighted by Gasteiger charge is -2.21. The van der Waals surface area contributed by atoms with E-state index in [9.17, 15) is 0 Å². The molecule has 2 rings (SSSR count). The van der Waals surface area contributed by atoms with Crippen LogP contribution in [0.4, 0.5) is 0 Å². The van der Waals surface area contributed by atoms with Crippen LogP contribution in [0.3, 0.4) is 0 Å². The largest absolute Gasteiger partial charge is 0.330 e. The first-order valence-corrected chi connectivity index (χ1v) is 7.52. The summed E-state index contributed by atoms with van der Waals surface area (Å²) in [6.45, 7) is 5.35. The Hall–Kier alpha value is -0.510. The summed E-state index contributed by atoms with van der Waals surface area (Å²) in [5.74, 6) is 0.690. The summed E-state index contributed by atoms with van der Waals surface area (Å²) in [4.78, 5) is 3.88. The Balaban J connectivity index is 1.96. The van der Waals surface area contributed by atoms with Gasteiger partial charge in [0.15, 0.2) is 0 Å². The van der Waals surface area contributed by atoms with Gasteiger partial charge in [-0.2, -0.15) is 0 Å². The third-order valence-electron chi connectivity index (χ3n) is 3.67. The van der Waals surface area contributed by atoms with Crippen LogP contribution in [0.5, 0.6) is 0 Å². The number of hydrogen-bond donors (Lipinski definition) is 1. The summed E-state index contributed by atoms with van der Waals surface area (Å²) < 4.78 is 0. The molecule has 1 aromatic rings. The number of benzene rings is 1. The minimum atomic E-state index is 0.670. The van der Waals surface area contributed by atoms with Gasteiger partial charge in [0, 0.05) is 24.0 Å². The van der Waals surface area contributed by atoms with E-state index in [2.05, 4.69) is 42.3 Å². The monoisotopic (exact) mass is 250 g/mol. The van der Waals surface area contributed by atoms with Crippen LogP contribution in [0, 0.1) is 5.92 Å². The van der Waals surface area contributed by atoms with Crippen LogP contribution in [0.15, 0.2) is 29.2 Å². The molecule has 94 valence electrons. The van der Waals surface area contributed by atoms with E-state index in [4.69, 9.17) is 5.73 Å². The zero-order valence-corrected chi connectivity index (χ0v) is 11.5. The van der Waals surface area contributed by atoms with Crippen molar-refractivity contribution in [2.75, 3.05) is 19.3 Å². The van der Waals surface area contributed by atoms with Gasteiger partial charge in [-0.3, -0.25) is 4.90 Å². The van der Waals surface area contributed by atoms with Gasteiger partial charge in [-0.05, 0) is 49.8 Å². The number of thioether (sulfide) groups is 1. The Morgan fingerprint density at radius 3 is 2.59 bits per heavy atom. The number of likely N-dealkylation sites (tertiary alicyclic amines) is 1. The number of rotatable bonds is 4. The topological polar surface area (TPSA) is 29.3 Å². The van der Waals surface area contributed by atoms with Crippen LogP contribution in [0.25, 0.3) is 0 Å². The van der Waals surface area contributed by atoms with Crippen LogP contribution in [0.1, 0.15) is 18.9 Å². The van der Waals surface area contributed by atoms with Gasteiger partial charge in [0.05, 0.1) is 0 Å². The number of hydrogen-bond acceptors (Lipinski definition) is 3. The molecular formula is C14H22N2S. The summed E-state index contributed by atoms with van der Waals surface area (Å²) in [6.07, 6.45) is 3.36. The second-order valence-corrected chi connectivity index (χ2v) is 5.84. The van der Waals surface area contributed by atoms with Crippen molar-refractivity contribution in [3.05, 3.63) is 29.8 Å². The first kappa shape index (κ1) is 12.9. The highest BCUT2D eigenvalue weighted by Crippen LogP contribution is 2.24. The molecule has 1 aliphatic heterocycles. The highest BCUT2D eigenvalue weighted by molar-refractivity contribution is 7.98. The lowest BCUT2D eigenvalue weighted by atomic mass is 10.1. The average molecular weight is 250 g/mol. The SMILES string of the molecule is CSc1ccc(CN2CC(CN)CC2C)cc1. The summed E-state index contributed by atoms with van der Waals surface area (Å²) in [6, 6.07) is 9.58. The van der Waals surface area contributed by atoms with E-state index in [1.54, 1.807) is 11.8 Å². The maximum Gasteiger partial charge on any atom is 0.0236 e. The minimum absolute atomic E-state index is 0.670. The Kier molecular flexibility index (Phi) is 4.48. The van der Waals surface area contributed by atoms with Gasteiger partial charge in [0.2, 0.25) is 0 Å². The fourth-order valence-electron chi connectivity index (χ4n) is 2.57. The molecule has 0 aromatic heterocycles. The molecule has 1 heterocycles. The summed E-state index contributed by atoms with van der Waals surface area (Å²) in [7, 11) is 0. The van der Waals surface area contributed by atoms with E-state index in [0.717, 1.165) is 19.6 Å². The average Bonchev–Trinajstić information content (AvgIpc) is 2.71. The Morgan fingerprint density at radius 1 is 1.35 bits per heavy atom. The second-order valence-electron chi connectivity index (χ2n) is 4.96. The van der Waals surface area contributed by atoms with Crippen molar-refractivity contribution in [2.45, 2.75) is 30.8 Å². The molecule has 2 unspecified atom stereocenters. The highest BCUT2D eigenvalue weighted by atomic mass is 32.2. The third-order valence-corrected chi connectivity index (χ3v) is 4.41. The van der Waals surface area contributed by atoms with Crippen molar-refractivity contribution < 1.29 is 0 Å². The molecule has 1 fully saturated rings. The minimum Gasteiger partial charge on any atom is -0.330 e. The van der Waals surface area contributed by atoms with Crippen molar-refractivity contribution >= 4 is 11.8 Å². The van der Waals surface area contributed by atoms with E-state index < -0.39 is 0 Å². The van der Waals surface area contributed by atoms with Gasteiger partial charge in [0.1, 0.15) is 0 Å². The zero-order chi connectivity index (χ0) is 12.3. The maximum atomic E-state index is 5.76. The zero-order valence-electron chi connectivity index (χ0n) is 10.7. The third kappa shape index (κ3) is 3.24. The van der Waals surface area contributed by atoms with Gasteiger partial charge < -0.3 is 5.73 Å². The molecule has 0 amide bonds. The predicted octanol–water partition coefficient (Wildman–Crippen LogP) is 2.58. The fourth-order valence-corrected chi connectivity index (χ4v) is 2.98. The van der Waals surface area contributed by atoms with Crippen molar-refractivity contribution in [1.29, 1.82) is 0 Å². The lowest BCUT2D eigenvalue weighted by molar-refractivity contribution is 0.256. The summed E-state index contributed by atoms with van der Waals surface area (Å²) in [5.41, 5.74) is 7.17. The summed E-state index contributed by atoms with van der Waals surface area (Å²) in [5, 5.41) is 0. The standard InChI is InChI=1S/C14H22N2S/c1-11-7-13(8-15)10-16(11)9-12-3-5-14(17-2)6-4-12/h3-6,11,13H,7-10,15H2,1-2H3. The molecule has 0 spiro atoms. The normalized spacial score (nSPS) is 25.4. The molecule has 3 heteroatoms. The Bertz CT molecular complexity index is 350. The van der Waals surface area contributed by atoms with E-state index in [1.165, 1.54) is 16.9 Å². The molecule has 0 radical (unpaired) electrons. The fraction of sp³-hybridized carbons (Fsp3) is 0.571. The molecule has 2 nitrogen and oxygen atoms in total. The Labute approximate surface area is 109 Å². The molecule has 2 atom stereocenters. The van der Waals surface area contributed by atoms with Crippen LogP contribution >= 0.6 is 11.8 Å². The predicted molar refractivity (Wildman–Crippen MR) is 75.3 cm³/mol. The molecule has 2 N–H and O–H groups in total. The van der Waals surface area contributed by atoms with Crippen molar-refractivity contribution in [3.63, 3.8) is 0 Å². The van der Waals surface area contributed by atoms with Gasteiger partial charge in [-0.1, -0.05) is 12.1 Å². The lowest BCUT2D eigenvalue weighted by Crippen LogP contribution is -2.27. The summed E-state index contributed by atoms with van der Waals surface area (Å²) >= 11 is 1.79. The van der Waals surface area contributed by atoms with Crippen LogP contribution in [-0.4, -0.2) is 30.3 Å². The quantitative estimate of drug-likeness (QED) is 0.833. The maximum absolute atomic E-state index is 5.76. The molecule has 0 saturated carbocycles. The second kappa shape index (κ2) is 5.89. The molecule has 1 saturated heterocycles. The van der Waals surface area contributed by atoms with E-state index in [-0.39, 0.29) is 0 Å². The number of nitrogens with two attached hydrogens (primary N) is 1. The van der Waals surface area contributed by atoms with Crippen molar-refractivity contribution in [1.82, 2.24) is 4.90 Å². The van der Waals surface area contributed by atoms with Gasteiger partial charge in [-0.25, -0.2) is 0 Å². The van der Waals surface area contributed by atoms with E-state index in [0.29, 0.717) is 12.0 Å². The van der Waals surface area contributed by atoms with Crippen molar-refractivity contribution in [2.24, 2.45) is 11.7 Å². The molecule has 1 aromatic carbocycles. The van der Waals surface area contributed by atoms with E-state index in [1.807, 2.05) is 0 Å². The van der Waals surface area contributed by atoms with Gasteiger partial charge >= 0.3 is 0 Å². The van der Waals surface area contributed by atoms with Gasteiger partial charge in [-0.15, -0.1) is 11.8 Å². The van der Waals surface area contributed by atoms with Crippen LogP contribution in [0.2, 0.25) is 0 Å². The molecule has 0 aliphatic carbocycles. The van der Waals surface area contributed by atoms with Gasteiger partial charge in [0.25, 0.3) is 0 Å². The van der Waals surface area contributed by atoms with E-state index >= 15 is 0 Å². The van der Waals surface area contributed by atoms with Crippen molar-refractivity contribution in [3.8, 4) is 0 Å². The first-order chi connectivity index (χ1) is 8.22. The molecule has 1 aliphatic rings. The highest BCUT2D eigenvalue weighted by Gasteiger charge is 2.27. The molecule has 17 heavy (non-hydrogen) atoms. The smallest absolute Gasteiger partial charge is 0.0236 e. The Morgan fingerprint density at radius 2 is 2.06 bits per heavy atom. The molecular weight excluding hydrogens is 228 g/mol. The van der Waals surface area contributed by atoms with Crippen LogP contribution < -0.4 is 5.73 Å². The number of nitrogens with zero attached hydrogens (tertiary/aromatic N) is 1. The first-order valence-electron chi connectivity index (χ1n) is 6.30.